The fraction of sp³-hybridized carbons (Fsp3) is 0. The van der Waals surface area contributed by atoms with E-state index in [1.165, 1.54) is 0 Å². The molecule has 3 nitrogen and oxygen atoms in total. The molecule has 0 aliphatic carbocycles. The van der Waals surface area contributed by atoms with Crippen molar-refractivity contribution in [2.75, 3.05) is 0 Å². The molecule has 0 amide bonds. The Balaban J connectivity index is 1.54. The van der Waals surface area contributed by atoms with Crippen molar-refractivity contribution in [1.82, 2.24) is 13.7 Å². The first-order chi connectivity index (χ1) is 38.2. The molecule has 11 rings (SSSR count). The molecule has 0 atom stereocenters. The third-order valence-electron chi connectivity index (χ3n) is 8.52. The first-order valence-electron chi connectivity index (χ1n) is 30.5. The minimum Gasteiger partial charge on any atom is -0.309 e. The molecule has 0 unspecified atom stereocenters. The number of benzene rings is 8. The van der Waals surface area contributed by atoms with Crippen LogP contribution in [0.1, 0.15) is 42.5 Å². The van der Waals surface area contributed by atoms with E-state index in [1.807, 2.05) is 0 Å². The standard InChI is InChI=1S/C48H31N3/c1-2-16-32(17-3-1)33-18-4-9-24-39(33)49-43-28-13-8-22-38(43)47-44(49)29-15-30-45(47)51-42-27-12-7-21-36(42)37-23-14-31-46(48(37)51)50-40-25-10-5-19-34(40)35-20-6-11-26-41(35)50/h1-31H/i1D,2D,3D,4D,5D,6D,7D,8D,9D,10D,11D,12D,13D,14D,15D,16D,17D,18D,19D,20D,21D,22D,23D,24D,25D,26D,27D,28D,29D,30D,31D. The zero-order valence-electron chi connectivity index (χ0n) is 56.3. The summed E-state index contributed by atoms with van der Waals surface area (Å²) in [6.45, 7) is 0. The van der Waals surface area contributed by atoms with E-state index in [4.69, 9.17) is 23.3 Å². The van der Waals surface area contributed by atoms with Gasteiger partial charge in [-0.25, -0.2) is 0 Å². The molecule has 3 heteroatoms. The summed E-state index contributed by atoms with van der Waals surface area (Å²) in [5.74, 6) is 0. The summed E-state index contributed by atoms with van der Waals surface area (Å²) in [6.07, 6.45) is 0. The van der Waals surface area contributed by atoms with Crippen molar-refractivity contribution in [3.63, 3.8) is 0 Å². The van der Waals surface area contributed by atoms with Gasteiger partial charge in [0.25, 0.3) is 0 Å². The van der Waals surface area contributed by atoms with Gasteiger partial charge in [-0.15, -0.1) is 0 Å². The molecule has 238 valence electrons. The van der Waals surface area contributed by atoms with E-state index in [0.717, 1.165) is 9.13 Å². The van der Waals surface area contributed by atoms with Gasteiger partial charge in [0.1, 0.15) is 0 Å². The van der Waals surface area contributed by atoms with Crippen LogP contribution in [0.25, 0.3) is 93.6 Å². The summed E-state index contributed by atoms with van der Waals surface area (Å²) in [7, 11) is 0. The molecule has 0 saturated carbocycles. The average Bonchev–Trinajstić information content (AvgIpc) is 3.16. The normalized spacial score (nSPS) is 20.4. The minimum absolute atomic E-state index is 0.564. The van der Waals surface area contributed by atoms with E-state index in [1.54, 1.807) is 0 Å². The molecule has 0 spiro atoms. The van der Waals surface area contributed by atoms with Crippen molar-refractivity contribution < 1.29 is 42.5 Å². The molecule has 0 bridgehead atoms. The Bertz CT molecular complexity index is 4830. The molecule has 8 aromatic carbocycles. The maximum absolute atomic E-state index is 9.91. The van der Waals surface area contributed by atoms with Crippen molar-refractivity contribution in [3.05, 3.63) is 187 Å². The Morgan fingerprint density at radius 3 is 1.43 bits per heavy atom. The molecule has 11 aromatic rings. The van der Waals surface area contributed by atoms with Gasteiger partial charge in [0.15, 0.2) is 0 Å². The summed E-state index contributed by atoms with van der Waals surface area (Å²) in [4.78, 5) is 0. The predicted octanol–water partition coefficient (Wildman–Crippen LogP) is 12.6. The number of fused-ring (bicyclic) bond motifs is 9. The molecule has 0 fully saturated rings. The molecule has 3 aromatic heterocycles. The number of hydrogen-bond donors (Lipinski definition) is 0. The summed E-state index contributed by atoms with van der Waals surface area (Å²) in [5, 5.41) is -4.04. The Kier molecular flexibility index (Phi) is 2.41. The van der Waals surface area contributed by atoms with Crippen molar-refractivity contribution in [2.45, 2.75) is 0 Å². The van der Waals surface area contributed by atoms with E-state index >= 15 is 0 Å². The fourth-order valence-corrected chi connectivity index (χ4v) is 6.56. The lowest BCUT2D eigenvalue weighted by Gasteiger charge is -2.16. The number of aromatic nitrogens is 3. The molecular formula is C48H31N3. The lowest BCUT2D eigenvalue weighted by atomic mass is 10.0. The van der Waals surface area contributed by atoms with Crippen molar-refractivity contribution >= 4 is 65.4 Å². The van der Waals surface area contributed by atoms with Crippen LogP contribution in [0.3, 0.4) is 0 Å². The SMILES string of the molecule is [2H]c1c([2H])c([2H])c(-c2c([2H])c([2H])c([2H])c([2H])c2-n2c3c([2H])c([2H])c([2H])c([2H])c3c3c(-n4c5c([2H])c([2H])c([2H])c([2H])c5c5c([2H])c([2H])c([2H])c(-n6c7c([2H])c([2H])c([2H])c([2H])c7c7c([2H])c([2H])c([2H])c([2H])c76)c54)c([2H])c([2H])c([2H])c32)c([2H])c1[2H]. The lowest BCUT2D eigenvalue weighted by Crippen LogP contribution is -2.01. The Hall–Kier alpha value is -6.84. The first-order valence-corrected chi connectivity index (χ1v) is 15.0. The lowest BCUT2D eigenvalue weighted by molar-refractivity contribution is 1.14. The van der Waals surface area contributed by atoms with Gasteiger partial charge in [0.05, 0.1) is 92.7 Å². The van der Waals surface area contributed by atoms with Crippen LogP contribution in [0, 0.1) is 0 Å². The smallest absolute Gasteiger partial charge is 0.0782 e. The number of rotatable bonds is 4. The fourth-order valence-electron chi connectivity index (χ4n) is 6.56. The van der Waals surface area contributed by atoms with Gasteiger partial charge >= 0.3 is 0 Å². The summed E-state index contributed by atoms with van der Waals surface area (Å²) in [6, 6.07) is -31.2. The molecule has 3 heterocycles. The van der Waals surface area contributed by atoms with E-state index < -0.39 is 281 Å². The van der Waals surface area contributed by atoms with Crippen LogP contribution < -0.4 is 0 Å². The van der Waals surface area contributed by atoms with Gasteiger partial charge in [0, 0.05) is 37.9 Å². The molecule has 0 saturated heterocycles. The van der Waals surface area contributed by atoms with Crippen LogP contribution >= 0.6 is 0 Å². The van der Waals surface area contributed by atoms with Crippen molar-refractivity contribution in [2.24, 2.45) is 0 Å². The Morgan fingerprint density at radius 1 is 0.294 bits per heavy atom. The molecule has 0 aliphatic rings. The highest BCUT2D eigenvalue weighted by Gasteiger charge is 2.23. The topological polar surface area (TPSA) is 14.8 Å². The van der Waals surface area contributed by atoms with Crippen LogP contribution in [0.5, 0.6) is 0 Å². The molecule has 51 heavy (non-hydrogen) atoms. The zero-order chi connectivity index (χ0) is 60.4. The second-order valence-corrected chi connectivity index (χ2v) is 11.0. The maximum Gasteiger partial charge on any atom is 0.0782 e. The highest BCUT2D eigenvalue weighted by atomic mass is 15.1. The van der Waals surface area contributed by atoms with E-state index in [0.29, 0.717) is 4.57 Å². The first kappa shape index (κ1) is 11.3. The largest absolute Gasteiger partial charge is 0.309 e. The van der Waals surface area contributed by atoms with Crippen LogP contribution in [-0.4, -0.2) is 13.7 Å². The van der Waals surface area contributed by atoms with Gasteiger partial charge in [-0.05, 0) is 53.9 Å². The van der Waals surface area contributed by atoms with Crippen LogP contribution in [0.15, 0.2) is 187 Å². The third kappa shape index (κ3) is 3.94. The summed E-state index contributed by atoms with van der Waals surface area (Å²) >= 11 is 0. The van der Waals surface area contributed by atoms with Crippen molar-refractivity contribution in [1.29, 1.82) is 0 Å². The zero-order valence-corrected chi connectivity index (χ0v) is 25.3. The van der Waals surface area contributed by atoms with Crippen LogP contribution in [-0.2, 0) is 0 Å². The average molecular weight is 681 g/mol. The molecule has 0 radical (unpaired) electrons. The Labute approximate surface area is 338 Å². The van der Waals surface area contributed by atoms with E-state index in [9.17, 15) is 19.2 Å². The van der Waals surface area contributed by atoms with Gasteiger partial charge in [-0.2, -0.15) is 0 Å². The van der Waals surface area contributed by atoms with Gasteiger partial charge in [-0.1, -0.05) is 139 Å². The highest BCUT2D eigenvalue weighted by Crippen LogP contribution is 2.43. The number of para-hydroxylation sites is 6. The van der Waals surface area contributed by atoms with E-state index in [-0.39, 0.29) is 0 Å². The quantitative estimate of drug-likeness (QED) is 0.176. The predicted molar refractivity (Wildman–Crippen MR) is 215 cm³/mol. The van der Waals surface area contributed by atoms with Crippen LogP contribution in [0.2, 0.25) is 0 Å². The number of nitrogens with zero attached hydrogens (tertiary/aromatic N) is 3. The number of hydrogen-bond acceptors (Lipinski definition) is 0. The molecule has 0 N–H and O–H groups in total. The summed E-state index contributed by atoms with van der Waals surface area (Å²) < 4.78 is 285. The minimum atomic E-state index is -1.17. The molecular weight excluding hydrogens is 619 g/mol. The van der Waals surface area contributed by atoms with E-state index in [2.05, 4.69) is 0 Å². The van der Waals surface area contributed by atoms with Gasteiger partial charge in [-0.3, -0.25) is 0 Å². The van der Waals surface area contributed by atoms with Gasteiger partial charge in [0.2, 0.25) is 0 Å². The van der Waals surface area contributed by atoms with Crippen LogP contribution in [0.4, 0.5) is 0 Å². The second kappa shape index (κ2) is 10.8. The third-order valence-corrected chi connectivity index (χ3v) is 8.52. The Morgan fingerprint density at radius 2 is 0.725 bits per heavy atom. The van der Waals surface area contributed by atoms with Crippen molar-refractivity contribution in [3.8, 4) is 28.2 Å². The van der Waals surface area contributed by atoms with Gasteiger partial charge < -0.3 is 13.7 Å². The monoisotopic (exact) mass is 680 g/mol. The second-order valence-electron chi connectivity index (χ2n) is 11.0. The molecule has 0 aliphatic heterocycles. The highest BCUT2D eigenvalue weighted by molar-refractivity contribution is 6.18. The maximum atomic E-state index is 9.91. The summed E-state index contributed by atoms with van der Waals surface area (Å²) in [5.41, 5.74) is -9.09.